The van der Waals surface area contributed by atoms with Gasteiger partial charge >= 0.3 is 0 Å². The summed E-state index contributed by atoms with van der Waals surface area (Å²) in [4.78, 5) is 0. The van der Waals surface area contributed by atoms with Gasteiger partial charge in [0.1, 0.15) is 0 Å². The lowest BCUT2D eigenvalue weighted by Crippen LogP contribution is -2.61. The molecule has 0 radical (unpaired) electrons. The number of halogens is 3. The summed E-state index contributed by atoms with van der Waals surface area (Å²) in [6.07, 6.45) is 0.0000918. The predicted molar refractivity (Wildman–Crippen MR) is 101 cm³/mol. The van der Waals surface area contributed by atoms with E-state index < -0.39 is 17.4 Å². The van der Waals surface area contributed by atoms with Crippen LogP contribution in [0.5, 0.6) is 0 Å². The molecule has 0 fully saturated rings. The Kier molecular flexibility index (Phi) is 11.7. The highest BCUT2D eigenvalue weighted by atomic mass is 32.1. The van der Waals surface area contributed by atoms with E-state index >= 15 is 0 Å². The van der Waals surface area contributed by atoms with E-state index in [-0.39, 0.29) is 43.3 Å². The van der Waals surface area contributed by atoms with Crippen LogP contribution in [0.2, 0.25) is 0 Å². The summed E-state index contributed by atoms with van der Waals surface area (Å²) < 4.78 is 43.7. The largest absolute Gasteiger partial charge is 0.315 e. The van der Waals surface area contributed by atoms with Gasteiger partial charge in [0.15, 0.2) is 17.4 Å². The third-order valence-electron chi connectivity index (χ3n) is 3.33. The van der Waals surface area contributed by atoms with Crippen LogP contribution in [0.1, 0.15) is 13.3 Å². The molecule has 0 aromatic heterocycles. The second-order valence-electron chi connectivity index (χ2n) is 5.45. The first-order valence-corrected chi connectivity index (χ1v) is 9.41. The van der Waals surface area contributed by atoms with Gasteiger partial charge in [-0.1, -0.05) is 6.92 Å². The number of likely N-dealkylation sites (N-methyl/N-ethyl adjacent to an activating group) is 2. The van der Waals surface area contributed by atoms with Crippen molar-refractivity contribution in [3.8, 4) is 0 Å². The molecule has 0 aromatic rings. The maximum atomic E-state index is 15.0. The van der Waals surface area contributed by atoms with Crippen molar-refractivity contribution in [2.75, 3.05) is 50.5 Å². The SMILES string of the molecule is CCN[C@](F)(CS)CNC(F)(CCS)CN[C@](F)(CS)CNC. The summed E-state index contributed by atoms with van der Waals surface area (Å²) in [6.45, 7) is 1.49. The minimum atomic E-state index is -1.99. The molecule has 4 N–H and O–H groups in total. The van der Waals surface area contributed by atoms with Crippen molar-refractivity contribution in [1.82, 2.24) is 21.3 Å². The Morgan fingerprint density at radius 1 is 0.783 bits per heavy atom. The molecule has 0 saturated carbocycles. The quantitative estimate of drug-likeness (QED) is 0.179. The zero-order valence-corrected chi connectivity index (χ0v) is 16.3. The molecule has 0 bridgehead atoms. The molecule has 0 aromatic carbocycles. The fraction of sp³-hybridized carbons (Fsp3) is 1.00. The first-order valence-electron chi connectivity index (χ1n) is 7.51. The average molecular weight is 395 g/mol. The third-order valence-corrected chi connectivity index (χ3v) is 4.56. The molecule has 140 valence electrons. The molecule has 0 aliphatic rings. The smallest absolute Gasteiger partial charge is 0.183 e. The molecule has 0 rings (SSSR count). The third kappa shape index (κ3) is 9.08. The van der Waals surface area contributed by atoms with Crippen molar-refractivity contribution in [2.24, 2.45) is 0 Å². The summed E-state index contributed by atoms with van der Waals surface area (Å²) in [5, 5.41) is 10.4. The van der Waals surface area contributed by atoms with E-state index in [1.165, 1.54) is 0 Å². The summed E-state index contributed by atoms with van der Waals surface area (Å²) in [6, 6.07) is 0. The van der Waals surface area contributed by atoms with Gasteiger partial charge in [-0.25, -0.2) is 13.2 Å². The highest BCUT2D eigenvalue weighted by Crippen LogP contribution is 2.18. The van der Waals surface area contributed by atoms with Gasteiger partial charge in [0.05, 0.1) is 0 Å². The van der Waals surface area contributed by atoms with Crippen LogP contribution in [0.25, 0.3) is 0 Å². The highest BCUT2D eigenvalue weighted by Gasteiger charge is 2.37. The predicted octanol–water partition coefficient (Wildman–Crippen LogP) is 1.17. The van der Waals surface area contributed by atoms with Crippen molar-refractivity contribution in [1.29, 1.82) is 0 Å². The summed E-state index contributed by atoms with van der Waals surface area (Å²) >= 11 is 11.9. The molecule has 10 heteroatoms. The van der Waals surface area contributed by atoms with Gasteiger partial charge in [-0.2, -0.15) is 37.9 Å². The van der Waals surface area contributed by atoms with Crippen LogP contribution in [0.4, 0.5) is 13.2 Å². The number of nitrogens with one attached hydrogen (secondary N) is 4. The Morgan fingerprint density at radius 2 is 1.26 bits per heavy atom. The lowest BCUT2D eigenvalue weighted by Gasteiger charge is -2.34. The van der Waals surface area contributed by atoms with E-state index in [1.807, 2.05) is 0 Å². The van der Waals surface area contributed by atoms with Crippen LogP contribution in [0.15, 0.2) is 0 Å². The number of hydrogen-bond acceptors (Lipinski definition) is 7. The van der Waals surface area contributed by atoms with E-state index in [0.717, 1.165) is 0 Å². The van der Waals surface area contributed by atoms with Gasteiger partial charge in [0, 0.05) is 37.6 Å². The maximum Gasteiger partial charge on any atom is 0.183 e. The molecule has 3 atom stereocenters. The Hall–Kier alpha value is 0.680. The van der Waals surface area contributed by atoms with Crippen molar-refractivity contribution >= 4 is 37.9 Å². The van der Waals surface area contributed by atoms with Gasteiger partial charge in [0.25, 0.3) is 0 Å². The molecule has 4 nitrogen and oxygen atoms in total. The van der Waals surface area contributed by atoms with Crippen molar-refractivity contribution in [2.45, 2.75) is 30.7 Å². The monoisotopic (exact) mass is 394 g/mol. The van der Waals surface area contributed by atoms with Crippen LogP contribution in [0, 0.1) is 0 Å². The Balaban J connectivity index is 4.78. The minimum Gasteiger partial charge on any atom is -0.315 e. The average Bonchev–Trinajstić information content (AvgIpc) is 2.52. The Morgan fingerprint density at radius 3 is 1.70 bits per heavy atom. The molecule has 1 unspecified atom stereocenters. The topological polar surface area (TPSA) is 48.1 Å². The first kappa shape index (κ1) is 23.7. The molecule has 23 heavy (non-hydrogen) atoms. The molecular weight excluding hydrogens is 365 g/mol. The lowest BCUT2D eigenvalue weighted by atomic mass is 10.1. The van der Waals surface area contributed by atoms with Gasteiger partial charge in [-0.3, -0.25) is 16.0 Å². The van der Waals surface area contributed by atoms with E-state index in [4.69, 9.17) is 0 Å². The van der Waals surface area contributed by atoms with Gasteiger partial charge in [-0.05, 0) is 19.3 Å². The van der Waals surface area contributed by atoms with E-state index in [0.29, 0.717) is 6.54 Å². The Bertz CT molecular complexity index is 307. The molecule has 0 aliphatic carbocycles. The second kappa shape index (κ2) is 11.3. The van der Waals surface area contributed by atoms with E-state index in [1.54, 1.807) is 14.0 Å². The molecule has 0 heterocycles. The zero-order valence-electron chi connectivity index (χ0n) is 13.6. The summed E-state index contributed by atoms with van der Waals surface area (Å²) in [7, 11) is 1.59. The first-order chi connectivity index (χ1) is 10.7. The minimum absolute atomic E-state index is 0.0000918. The van der Waals surface area contributed by atoms with Crippen LogP contribution >= 0.6 is 37.9 Å². The number of rotatable bonds is 14. The van der Waals surface area contributed by atoms with Crippen molar-refractivity contribution in [3.05, 3.63) is 0 Å². The number of hydrogen-bond donors (Lipinski definition) is 7. The standard InChI is InChI=1S/C13H29F3N4S3/c1-3-18-13(16,10-23)8-19-11(14,4-5-21)7-20-12(15,9-22)6-17-2/h17-23H,3-10H2,1-2H3/t11?,12-,13-/m0/s1. The van der Waals surface area contributed by atoms with Gasteiger partial charge in [-0.15, -0.1) is 0 Å². The normalized spacial score (nSPS) is 19.8. The van der Waals surface area contributed by atoms with Gasteiger partial charge in [0.2, 0.25) is 0 Å². The summed E-state index contributed by atoms with van der Waals surface area (Å²) in [5.74, 6) is -5.68. The zero-order chi connectivity index (χ0) is 18.0. The van der Waals surface area contributed by atoms with E-state index in [2.05, 4.69) is 59.2 Å². The maximum absolute atomic E-state index is 15.0. The highest BCUT2D eigenvalue weighted by molar-refractivity contribution is 7.80. The fourth-order valence-electron chi connectivity index (χ4n) is 1.96. The second-order valence-corrected chi connectivity index (χ2v) is 6.53. The van der Waals surface area contributed by atoms with Crippen LogP contribution in [-0.2, 0) is 0 Å². The number of alkyl halides is 3. The van der Waals surface area contributed by atoms with Crippen molar-refractivity contribution < 1.29 is 13.2 Å². The fourth-order valence-corrected chi connectivity index (χ4v) is 2.76. The molecule has 0 amide bonds. The number of thiol groups is 3. The van der Waals surface area contributed by atoms with Crippen LogP contribution in [-0.4, -0.2) is 67.9 Å². The lowest BCUT2D eigenvalue weighted by molar-refractivity contribution is 0.0410. The van der Waals surface area contributed by atoms with Crippen LogP contribution in [0.3, 0.4) is 0 Å². The molecular formula is C13H29F3N4S3. The van der Waals surface area contributed by atoms with E-state index in [9.17, 15) is 13.2 Å². The molecule has 0 aliphatic heterocycles. The van der Waals surface area contributed by atoms with Crippen molar-refractivity contribution in [3.63, 3.8) is 0 Å². The molecule has 0 saturated heterocycles. The van der Waals surface area contributed by atoms with Gasteiger partial charge < -0.3 is 5.32 Å². The van der Waals surface area contributed by atoms with Crippen LogP contribution < -0.4 is 21.3 Å². The Labute approximate surface area is 153 Å². The summed E-state index contributed by atoms with van der Waals surface area (Å²) in [5.41, 5.74) is 0. The molecule has 0 spiro atoms.